The van der Waals surface area contributed by atoms with Crippen LogP contribution in [0.25, 0.3) is 22.6 Å². The van der Waals surface area contributed by atoms with E-state index in [1.165, 1.54) is 12.3 Å². The van der Waals surface area contributed by atoms with E-state index < -0.39 is 23.5 Å². The van der Waals surface area contributed by atoms with Gasteiger partial charge in [-0.1, -0.05) is 18.2 Å². The highest BCUT2D eigenvalue weighted by molar-refractivity contribution is 6.02. The molecule has 0 bridgehead atoms. The second-order valence-electron chi connectivity index (χ2n) is 8.44. The molecule has 4 aromatic rings. The van der Waals surface area contributed by atoms with Crippen molar-refractivity contribution < 1.29 is 23.8 Å². The Bertz CT molecular complexity index is 1470. The molecule has 178 valence electrons. The molecule has 3 heterocycles. The zero-order valence-electron chi connectivity index (χ0n) is 18.7. The maximum absolute atomic E-state index is 14.2. The van der Waals surface area contributed by atoms with Crippen molar-refractivity contribution in [3.63, 3.8) is 0 Å². The molecule has 1 fully saturated rings. The quantitative estimate of drug-likeness (QED) is 0.303. The van der Waals surface area contributed by atoms with E-state index in [1.54, 1.807) is 48.1 Å². The number of aliphatic carboxylic acids is 1. The van der Waals surface area contributed by atoms with Gasteiger partial charge in [-0.3, -0.25) is 9.59 Å². The van der Waals surface area contributed by atoms with E-state index in [2.05, 4.69) is 20.1 Å². The van der Waals surface area contributed by atoms with Gasteiger partial charge < -0.3 is 15.6 Å². The van der Waals surface area contributed by atoms with Crippen molar-refractivity contribution in [1.29, 1.82) is 0 Å². The number of hydrogen-bond acceptors (Lipinski definition) is 8. The number of aromatic nitrogens is 5. The van der Waals surface area contributed by atoms with Crippen LogP contribution in [0.1, 0.15) is 37.0 Å². The molecule has 3 N–H and O–H groups in total. The van der Waals surface area contributed by atoms with Gasteiger partial charge in [-0.05, 0) is 38.0 Å². The number of nitrogens with zero attached hydrogens (tertiary/aromatic N) is 5. The molecule has 1 atom stereocenters. The Kier molecular flexibility index (Phi) is 5.39. The zero-order valence-corrected chi connectivity index (χ0v) is 18.7. The normalized spacial score (nSPS) is 15.0. The van der Waals surface area contributed by atoms with Crippen molar-refractivity contribution in [3.8, 4) is 11.5 Å². The van der Waals surface area contributed by atoms with E-state index >= 15 is 0 Å². The molecule has 0 spiro atoms. The van der Waals surface area contributed by atoms with Crippen LogP contribution >= 0.6 is 0 Å². The lowest BCUT2D eigenvalue weighted by atomic mass is 10.1. The predicted octanol–water partition coefficient (Wildman–Crippen LogP) is 3.13. The van der Waals surface area contributed by atoms with Crippen LogP contribution in [0.3, 0.4) is 0 Å². The number of carboxylic acids is 1. The molecule has 3 aromatic heterocycles. The van der Waals surface area contributed by atoms with Crippen molar-refractivity contribution in [1.82, 2.24) is 24.7 Å². The largest absolute Gasteiger partial charge is 0.480 e. The summed E-state index contributed by atoms with van der Waals surface area (Å²) >= 11 is 0. The Balaban J connectivity index is 1.45. The molecule has 1 unspecified atom stereocenters. The van der Waals surface area contributed by atoms with Crippen LogP contribution in [0.2, 0.25) is 0 Å². The number of hydrogen-bond donors (Lipinski definition) is 2. The minimum Gasteiger partial charge on any atom is -0.480 e. The summed E-state index contributed by atoms with van der Waals surface area (Å²) in [6.45, 7) is 1.74. The number of nitrogen functional groups attached to an aromatic ring is 1. The second kappa shape index (κ2) is 8.42. The number of ether oxygens (including phenoxy) is 1. The highest BCUT2D eigenvalue weighted by Gasteiger charge is 2.59. The fourth-order valence-electron chi connectivity index (χ4n) is 3.87. The predicted molar refractivity (Wildman–Crippen MR) is 122 cm³/mol. The van der Waals surface area contributed by atoms with Crippen molar-refractivity contribution in [3.05, 3.63) is 65.7 Å². The van der Waals surface area contributed by atoms with Gasteiger partial charge in [-0.2, -0.15) is 5.10 Å². The Morgan fingerprint density at radius 1 is 1.23 bits per heavy atom. The first-order valence-corrected chi connectivity index (χ1v) is 10.9. The third kappa shape index (κ3) is 3.94. The molecule has 11 heteroatoms. The zero-order chi connectivity index (χ0) is 24.7. The van der Waals surface area contributed by atoms with Crippen molar-refractivity contribution >= 4 is 28.8 Å². The fraction of sp³-hybridized carbons (Fsp3) is 0.250. The Labute approximate surface area is 198 Å². The molecular weight excluding hydrogens is 455 g/mol. The summed E-state index contributed by atoms with van der Waals surface area (Å²) in [4.78, 5) is 36.8. The average molecular weight is 476 g/mol. The van der Waals surface area contributed by atoms with Gasteiger partial charge in [-0.15, -0.1) is 0 Å². The van der Waals surface area contributed by atoms with Crippen molar-refractivity contribution in [2.24, 2.45) is 5.41 Å². The first kappa shape index (κ1) is 22.4. The summed E-state index contributed by atoms with van der Waals surface area (Å²) in [7, 11) is 0. The highest BCUT2D eigenvalue weighted by atomic mass is 19.1. The number of fused-ring (bicyclic) bond motifs is 1. The van der Waals surface area contributed by atoms with Crippen LogP contribution in [0.4, 0.5) is 10.2 Å². The third-order valence-electron chi connectivity index (χ3n) is 6.12. The molecule has 1 aliphatic rings. The number of rotatable bonds is 7. The number of carboxylic acid groups (broad SMARTS) is 1. The van der Waals surface area contributed by atoms with Crippen LogP contribution in [0.15, 0.2) is 48.8 Å². The molecule has 35 heavy (non-hydrogen) atoms. The maximum Gasteiger partial charge on any atom is 0.324 e. The van der Waals surface area contributed by atoms with E-state index in [0.29, 0.717) is 27.9 Å². The lowest BCUT2D eigenvalue weighted by Crippen LogP contribution is -2.28. The van der Waals surface area contributed by atoms with Gasteiger partial charge in [0.25, 0.3) is 0 Å². The van der Waals surface area contributed by atoms with E-state index in [0.717, 1.165) is 0 Å². The van der Waals surface area contributed by atoms with Gasteiger partial charge in [-0.25, -0.2) is 24.0 Å². The van der Waals surface area contributed by atoms with E-state index in [4.69, 9.17) is 10.5 Å². The van der Waals surface area contributed by atoms with Gasteiger partial charge in [0, 0.05) is 18.0 Å². The molecule has 5 rings (SSSR count). The van der Waals surface area contributed by atoms with Gasteiger partial charge >= 0.3 is 11.9 Å². The minimum atomic E-state index is -1.47. The molecule has 10 nitrogen and oxygen atoms in total. The van der Waals surface area contributed by atoms with E-state index in [9.17, 15) is 19.1 Å². The maximum atomic E-state index is 14.2. The summed E-state index contributed by atoms with van der Waals surface area (Å²) in [5.41, 5.74) is 6.42. The molecular formula is C24H21FN6O4. The van der Waals surface area contributed by atoms with Crippen molar-refractivity contribution in [2.75, 3.05) is 5.73 Å². The van der Waals surface area contributed by atoms with Crippen LogP contribution in [0.5, 0.6) is 0 Å². The lowest BCUT2D eigenvalue weighted by Gasteiger charge is -2.17. The molecule has 0 saturated heterocycles. The van der Waals surface area contributed by atoms with Crippen LogP contribution in [-0.2, 0) is 20.9 Å². The second-order valence-corrected chi connectivity index (χ2v) is 8.44. The summed E-state index contributed by atoms with van der Waals surface area (Å²) < 4.78 is 21.1. The van der Waals surface area contributed by atoms with E-state index in [-0.39, 0.29) is 36.8 Å². The number of nitrogens with two attached hydrogens (primary N) is 1. The van der Waals surface area contributed by atoms with Gasteiger partial charge in [0.1, 0.15) is 23.4 Å². The van der Waals surface area contributed by atoms with Crippen molar-refractivity contribution in [2.45, 2.75) is 32.4 Å². The van der Waals surface area contributed by atoms with Crippen LogP contribution < -0.4 is 5.73 Å². The number of carbonyl (C=O) groups excluding carboxylic acids is 1. The number of anilines is 1. The standard InChI is InChI=1S/C24H21FN6O4/c1-13(35-23(34)24(8-9-24)22(32)33)16-11-28-20(29-19(16)26)18-15-6-4-10-27-21(15)31(30-18)12-14-5-2-3-7-17(14)25/h2-7,10-11,13H,8-9,12H2,1H3,(H,32,33)(H2,26,28,29). The summed E-state index contributed by atoms with van der Waals surface area (Å²) in [6.07, 6.45) is 2.69. The summed E-state index contributed by atoms with van der Waals surface area (Å²) in [5.74, 6) is -2.06. The molecule has 1 aromatic carbocycles. The topological polar surface area (TPSA) is 146 Å². The number of pyridine rings is 1. The molecule has 1 aliphatic carbocycles. The Hall–Kier alpha value is -4.41. The fourth-order valence-corrected chi connectivity index (χ4v) is 3.87. The molecule has 0 aliphatic heterocycles. The average Bonchev–Trinajstić information content (AvgIpc) is 3.58. The van der Waals surface area contributed by atoms with Crippen LogP contribution in [-0.4, -0.2) is 41.8 Å². The summed E-state index contributed by atoms with van der Waals surface area (Å²) in [6, 6.07) is 9.97. The Morgan fingerprint density at radius 2 is 2.00 bits per heavy atom. The smallest absolute Gasteiger partial charge is 0.324 e. The monoisotopic (exact) mass is 476 g/mol. The first-order valence-electron chi connectivity index (χ1n) is 10.9. The van der Waals surface area contributed by atoms with Gasteiger partial charge in [0.05, 0.1) is 17.5 Å². The third-order valence-corrected chi connectivity index (χ3v) is 6.12. The minimum absolute atomic E-state index is 0.0659. The highest BCUT2D eigenvalue weighted by Crippen LogP contribution is 2.48. The summed E-state index contributed by atoms with van der Waals surface area (Å²) in [5, 5.41) is 14.5. The number of benzene rings is 1. The van der Waals surface area contributed by atoms with Gasteiger partial charge in [0.2, 0.25) is 0 Å². The van der Waals surface area contributed by atoms with E-state index in [1.807, 2.05) is 0 Å². The number of esters is 1. The lowest BCUT2D eigenvalue weighted by molar-refractivity contribution is -0.164. The number of halogens is 1. The SMILES string of the molecule is CC(OC(=O)C1(C(=O)O)CC1)c1cnc(-c2nn(Cc3ccccc3F)c3ncccc23)nc1N. The first-order chi connectivity index (χ1) is 16.8. The Morgan fingerprint density at radius 3 is 2.69 bits per heavy atom. The van der Waals surface area contributed by atoms with Gasteiger partial charge in [0.15, 0.2) is 16.9 Å². The molecule has 1 saturated carbocycles. The molecule has 0 amide bonds. The van der Waals surface area contributed by atoms with Crippen LogP contribution in [0, 0.1) is 11.2 Å². The molecule has 0 radical (unpaired) electrons. The number of carbonyl (C=O) groups is 2.